The molecule has 1 aliphatic heterocycles. The van der Waals surface area contributed by atoms with Crippen molar-refractivity contribution in [2.45, 2.75) is 13.0 Å². The van der Waals surface area contributed by atoms with Gasteiger partial charge in [0, 0.05) is 26.1 Å². The average Bonchev–Trinajstić information content (AvgIpc) is 2.88. The van der Waals surface area contributed by atoms with Crippen molar-refractivity contribution in [3.05, 3.63) is 6.33 Å². The maximum Gasteiger partial charge on any atom is 0.244 e. The van der Waals surface area contributed by atoms with E-state index in [1.165, 1.54) is 11.0 Å². The van der Waals surface area contributed by atoms with Crippen LogP contribution in [0.5, 0.6) is 0 Å². The number of nitrogen functional groups attached to an aromatic ring is 1. The van der Waals surface area contributed by atoms with E-state index >= 15 is 0 Å². The minimum absolute atomic E-state index is 0.0495. The number of carbonyl (C=O) groups is 1. The fourth-order valence-electron chi connectivity index (χ4n) is 2.05. The zero-order chi connectivity index (χ0) is 12.3. The first-order chi connectivity index (χ1) is 8.19. The molecular formula is C10H17N5O2. The van der Waals surface area contributed by atoms with Crippen LogP contribution in [0.3, 0.4) is 0 Å². The lowest BCUT2D eigenvalue weighted by atomic mass is 10.1. The molecule has 0 spiro atoms. The Hall–Kier alpha value is -1.63. The molecule has 1 aliphatic rings. The highest BCUT2D eigenvalue weighted by atomic mass is 16.5. The highest BCUT2D eigenvalue weighted by Crippen LogP contribution is 2.16. The van der Waals surface area contributed by atoms with Crippen molar-refractivity contribution in [1.29, 1.82) is 0 Å². The minimum Gasteiger partial charge on any atom is -0.384 e. The van der Waals surface area contributed by atoms with Gasteiger partial charge in [-0.05, 0) is 6.42 Å². The molecule has 0 radical (unpaired) electrons. The van der Waals surface area contributed by atoms with E-state index in [1.54, 1.807) is 7.11 Å². The van der Waals surface area contributed by atoms with Gasteiger partial charge in [0.15, 0.2) is 0 Å². The van der Waals surface area contributed by atoms with Gasteiger partial charge in [-0.3, -0.25) is 4.79 Å². The van der Waals surface area contributed by atoms with Crippen molar-refractivity contribution < 1.29 is 9.53 Å². The van der Waals surface area contributed by atoms with Gasteiger partial charge < -0.3 is 15.4 Å². The second kappa shape index (κ2) is 5.13. The molecule has 1 amide bonds. The van der Waals surface area contributed by atoms with E-state index in [4.69, 9.17) is 10.5 Å². The van der Waals surface area contributed by atoms with Crippen LogP contribution in [0.4, 0.5) is 5.95 Å². The van der Waals surface area contributed by atoms with Crippen molar-refractivity contribution in [3.63, 3.8) is 0 Å². The molecule has 0 saturated carbocycles. The van der Waals surface area contributed by atoms with E-state index in [1.807, 2.05) is 4.90 Å². The number of aromatic nitrogens is 3. The molecule has 2 rings (SSSR count). The summed E-state index contributed by atoms with van der Waals surface area (Å²) < 4.78 is 6.55. The Labute approximate surface area is 99.5 Å². The van der Waals surface area contributed by atoms with Crippen LogP contribution in [0.2, 0.25) is 0 Å². The second-order valence-corrected chi connectivity index (χ2v) is 4.25. The van der Waals surface area contributed by atoms with E-state index in [9.17, 15) is 4.79 Å². The number of methoxy groups -OCH3 is 1. The molecule has 1 fully saturated rings. The van der Waals surface area contributed by atoms with Crippen LogP contribution < -0.4 is 5.73 Å². The zero-order valence-corrected chi connectivity index (χ0v) is 9.87. The van der Waals surface area contributed by atoms with Gasteiger partial charge in [0.2, 0.25) is 11.9 Å². The molecule has 1 aromatic rings. The average molecular weight is 239 g/mol. The van der Waals surface area contributed by atoms with Gasteiger partial charge >= 0.3 is 0 Å². The van der Waals surface area contributed by atoms with E-state index in [2.05, 4.69) is 10.1 Å². The van der Waals surface area contributed by atoms with Crippen molar-refractivity contribution in [3.8, 4) is 0 Å². The Bertz CT molecular complexity index is 392. The van der Waals surface area contributed by atoms with E-state index in [0.717, 1.165) is 19.5 Å². The molecule has 1 saturated heterocycles. The van der Waals surface area contributed by atoms with Gasteiger partial charge in [-0.25, -0.2) is 9.67 Å². The van der Waals surface area contributed by atoms with Gasteiger partial charge in [0.25, 0.3) is 0 Å². The molecule has 94 valence electrons. The number of hydrogen-bond donors (Lipinski definition) is 1. The van der Waals surface area contributed by atoms with Gasteiger partial charge in [0.1, 0.15) is 12.9 Å². The lowest BCUT2D eigenvalue weighted by Gasteiger charge is -2.16. The molecule has 0 aliphatic carbocycles. The summed E-state index contributed by atoms with van der Waals surface area (Å²) >= 11 is 0. The Balaban J connectivity index is 1.85. The molecule has 7 nitrogen and oxygen atoms in total. The van der Waals surface area contributed by atoms with Crippen LogP contribution in [0.25, 0.3) is 0 Å². The summed E-state index contributed by atoms with van der Waals surface area (Å²) in [7, 11) is 1.68. The normalized spacial score (nSPS) is 19.8. The molecule has 17 heavy (non-hydrogen) atoms. The summed E-state index contributed by atoms with van der Waals surface area (Å²) in [6.45, 7) is 2.46. The standard InChI is InChI=1S/C10H17N5O2/c1-17-6-8-2-3-14(4-8)9(16)5-15-7-12-10(11)13-15/h7-8H,2-6H2,1H3,(H2,11,13). The van der Waals surface area contributed by atoms with Crippen LogP contribution in [0.15, 0.2) is 6.33 Å². The van der Waals surface area contributed by atoms with Crippen molar-refractivity contribution in [2.75, 3.05) is 32.5 Å². The largest absolute Gasteiger partial charge is 0.384 e. The Morgan fingerprint density at radius 2 is 2.53 bits per heavy atom. The fourth-order valence-corrected chi connectivity index (χ4v) is 2.05. The number of ether oxygens (including phenoxy) is 1. The zero-order valence-electron chi connectivity index (χ0n) is 9.87. The third-order valence-corrected chi connectivity index (χ3v) is 2.89. The van der Waals surface area contributed by atoms with Crippen LogP contribution >= 0.6 is 0 Å². The number of amides is 1. The smallest absolute Gasteiger partial charge is 0.244 e. The van der Waals surface area contributed by atoms with Crippen LogP contribution in [0.1, 0.15) is 6.42 Å². The molecule has 2 N–H and O–H groups in total. The van der Waals surface area contributed by atoms with Gasteiger partial charge in [0.05, 0.1) is 6.61 Å². The topological polar surface area (TPSA) is 86.3 Å². The van der Waals surface area contributed by atoms with Crippen LogP contribution in [0, 0.1) is 5.92 Å². The van der Waals surface area contributed by atoms with Crippen LogP contribution in [-0.2, 0) is 16.1 Å². The minimum atomic E-state index is 0.0495. The highest BCUT2D eigenvalue weighted by molar-refractivity contribution is 5.76. The molecule has 1 atom stereocenters. The summed E-state index contributed by atoms with van der Waals surface area (Å²) in [5.74, 6) is 0.690. The number of rotatable bonds is 4. The molecule has 7 heteroatoms. The van der Waals surface area contributed by atoms with E-state index in [-0.39, 0.29) is 18.4 Å². The maximum atomic E-state index is 11.9. The first-order valence-electron chi connectivity index (χ1n) is 5.60. The molecule has 0 bridgehead atoms. The first-order valence-corrected chi connectivity index (χ1v) is 5.60. The van der Waals surface area contributed by atoms with Gasteiger partial charge in [-0.1, -0.05) is 0 Å². The van der Waals surface area contributed by atoms with Gasteiger partial charge in [-0.15, -0.1) is 5.10 Å². The fraction of sp³-hybridized carbons (Fsp3) is 0.700. The number of anilines is 1. The summed E-state index contributed by atoms with van der Waals surface area (Å²) in [6, 6.07) is 0. The van der Waals surface area contributed by atoms with Crippen molar-refractivity contribution >= 4 is 11.9 Å². The number of likely N-dealkylation sites (tertiary alicyclic amines) is 1. The predicted molar refractivity (Wildman–Crippen MR) is 61.0 cm³/mol. The summed E-state index contributed by atoms with van der Waals surface area (Å²) in [4.78, 5) is 17.5. The number of hydrogen-bond acceptors (Lipinski definition) is 5. The monoisotopic (exact) mass is 239 g/mol. The van der Waals surface area contributed by atoms with Crippen LogP contribution in [-0.4, -0.2) is 52.4 Å². The SMILES string of the molecule is COCC1CCN(C(=O)Cn2cnc(N)n2)C1. The number of carbonyl (C=O) groups excluding carboxylic acids is 1. The third kappa shape index (κ3) is 2.94. The second-order valence-electron chi connectivity index (χ2n) is 4.25. The molecule has 0 aromatic carbocycles. The maximum absolute atomic E-state index is 11.9. The molecular weight excluding hydrogens is 222 g/mol. The lowest BCUT2D eigenvalue weighted by molar-refractivity contribution is -0.131. The number of nitrogens with zero attached hydrogens (tertiary/aromatic N) is 4. The predicted octanol–water partition coefficient (Wildman–Crippen LogP) is -0.645. The molecule has 2 heterocycles. The summed E-state index contributed by atoms with van der Waals surface area (Å²) in [5.41, 5.74) is 5.38. The van der Waals surface area contributed by atoms with E-state index < -0.39 is 0 Å². The highest BCUT2D eigenvalue weighted by Gasteiger charge is 2.26. The Kier molecular flexibility index (Phi) is 3.58. The van der Waals surface area contributed by atoms with Crippen molar-refractivity contribution in [1.82, 2.24) is 19.7 Å². The lowest BCUT2D eigenvalue weighted by Crippen LogP contribution is -2.32. The Morgan fingerprint density at radius 3 is 3.18 bits per heavy atom. The van der Waals surface area contributed by atoms with Gasteiger partial charge in [-0.2, -0.15) is 0 Å². The summed E-state index contributed by atoms with van der Waals surface area (Å²) in [5, 5.41) is 3.89. The molecule has 1 aromatic heterocycles. The Morgan fingerprint density at radius 1 is 1.71 bits per heavy atom. The quantitative estimate of drug-likeness (QED) is 0.755. The third-order valence-electron chi connectivity index (χ3n) is 2.89. The van der Waals surface area contributed by atoms with Crippen molar-refractivity contribution in [2.24, 2.45) is 5.92 Å². The van der Waals surface area contributed by atoms with E-state index in [0.29, 0.717) is 12.5 Å². The molecule has 1 unspecified atom stereocenters. The first kappa shape index (κ1) is 11.8. The summed E-state index contributed by atoms with van der Waals surface area (Å²) in [6.07, 6.45) is 2.47. The number of nitrogens with two attached hydrogens (primary N) is 1.